The van der Waals surface area contributed by atoms with E-state index < -0.39 is 17.8 Å². The van der Waals surface area contributed by atoms with Crippen LogP contribution in [0.3, 0.4) is 0 Å². The van der Waals surface area contributed by atoms with Crippen LogP contribution in [0.2, 0.25) is 0 Å². The second-order valence-corrected chi connectivity index (χ2v) is 4.27. The summed E-state index contributed by atoms with van der Waals surface area (Å²) in [6, 6.07) is 3.49. The van der Waals surface area contributed by atoms with Crippen molar-refractivity contribution >= 4 is 17.5 Å². The van der Waals surface area contributed by atoms with E-state index in [0.717, 1.165) is 12.5 Å². The van der Waals surface area contributed by atoms with Crippen LogP contribution in [0, 0.1) is 11.2 Å². The molecule has 0 aromatic heterocycles. The highest BCUT2D eigenvalue weighted by Gasteiger charge is 2.32. The third-order valence-electron chi connectivity index (χ3n) is 3.11. The molecule has 6 heteroatoms. The number of benzene rings is 1. The van der Waals surface area contributed by atoms with E-state index in [2.05, 4.69) is 0 Å². The van der Waals surface area contributed by atoms with Crippen LogP contribution >= 0.6 is 0 Å². The first-order chi connectivity index (χ1) is 8.50. The van der Waals surface area contributed by atoms with Crippen LogP contribution in [0.15, 0.2) is 18.2 Å². The van der Waals surface area contributed by atoms with Crippen molar-refractivity contribution in [2.24, 2.45) is 5.73 Å². The second kappa shape index (κ2) is 4.64. The van der Waals surface area contributed by atoms with Crippen molar-refractivity contribution in [2.75, 3.05) is 11.4 Å². The molecule has 18 heavy (non-hydrogen) atoms. The molecule has 96 valence electrons. The molecule has 4 N–H and O–H groups in total. The Morgan fingerprint density at radius 3 is 2.83 bits per heavy atom. The summed E-state index contributed by atoms with van der Waals surface area (Å²) in [5, 5.41) is 16.3. The summed E-state index contributed by atoms with van der Waals surface area (Å²) in [4.78, 5) is 12.6. The van der Waals surface area contributed by atoms with E-state index in [1.54, 1.807) is 4.90 Å². The molecule has 1 aromatic carbocycles. The van der Waals surface area contributed by atoms with Crippen molar-refractivity contribution in [3.63, 3.8) is 0 Å². The SMILES string of the molecule is N=C(N)c1ccc(N2CCCC2C(=O)O)c(F)c1. The Kier molecular flexibility index (Phi) is 3.18. The summed E-state index contributed by atoms with van der Waals surface area (Å²) in [5.41, 5.74) is 5.82. The van der Waals surface area contributed by atoms with Crippen LogP contribution in [0.25, 0.3) is 0 Å². The number of carboxylic acid groups (broad SMARTS) is 1. The number of carbonyl (C=O) groups is 1. The maximum absolute atomic E-state index is 13.9. The average molecular weight is 251 g/mol. The molecule has 1 heterocycles. The first-order valence-corrected chi connectivity index (χ1v) is 5.64. The van der Waals surface area contributed by atoms with Crippen molar-refractivity contribution in [3.05, 3.63) is 29.6 Å². The Balaban J connectivity index is 2.33. The van der Waals surface area contributed by atoms with Crippen LogP contribution in [0.4, 0.5) is 10.1 Å². The zero-order valence-corrected chi connectivity index (χ0v) is 9.69. The number of halogens is 1. The van der Waals surface area contributed by atoms with Gasteiger partial charge in [0.1, 0.15) is 17.7 Å². The first-order valence-electron chi connectivity index (χ1n) is 5.64. The summed E-state index contributed by atoms with van der Waals surface area (Å²) < 4.78 is 13.9. The van der Waals surface area contributed by atoms with Gasteiger partial charge < -0.3 is 15.7 Å². The zero-order valence-electron chi connectivity index (χ0n) is 9.69. The second-order valence-electron chi connectivity index (χ2n) is 4.27. The van der Waals surface area contributed by atoms with Gasteiger partial charge in [-0.05, 0) is 31.0 Å². The number of hydrogen-bond donors (Lipinski definition) is 3. The van der Waals surface area contributed by atoms with Gasteiger partial charge in [0, 0.05) is 12.1 Å². The van der Waals surface area contributed by atoms with E-state index in [1.807, 2.05) is 0 Å². The van der Waals surface area contributed by atoms with E-state index in [-0.39, 0.29) is 11.5 Å². The number of anilines is 1. The number of amidine groups is 1. The van der Waals surface area contributed by atoms with E-state index in [9.17, 15) is 9.18 Å². The number of rotatable bonds is 3. The van der Waals surface area contributed by atoms with E-state index in [4.69, 9.17) is 16.2 Å². The molecular weight excluding hydrogens is 237 g/mol. The Hall–Kier alpha value is -2.11. The third-order valence-corrected chi connectivity index (χ3v) is 3.11. The lowest BCUT2D eigenvalue weighted by Gasteiger charge is -2.24. The Morgan fingerprint density at radius 1 is 1.56 bits per heavy atom. The van der Waals surface area contributed by atoms with Gasteiger partial charge in [-0.25, -0.2) is 9.18 Å². The molecule has 2 rings (SSSR count). The Morgan fingerprint density at radius 2 is 2.28 bits per heavy atom. The highest BCUT2D eigenvalue weighted by molar-refractivity contribution is 5.95. The van der Waals surface area contributed by atoms with Crippen LogP contribution < -0.4 is 10.6 Å². The third kappa shape index (κ3) is 2.13. The number of nitrogens with one attached hydrogen (secondary N) is 1. The van der Waals surface area contributed by atoms with Crippen molar-refractivity contribution in [1.82, 2.24) is 0 Å². The molecule has 1 saturated heterocycles. The normalized spacial score (nSPS) is 18.9. The molecule has 1 aliphatic heterocycles. The van der Waals surface area contributed by atoms with Crippen LogP contribution in [0.5, 0.6) is 0 Å². The van der Waals surface area contributed by atoms with Crippen molar-refractivity contribution in [3.8, 4) is 0 Å². The van der Waals surface area contributed by atoms with E-state index >= 15 is 0 Å². The monoisotopic (exact) mass is 251 g/mol. The maximum Gasteiger partial charge on any atom is 0.326 e. The average Bonchev–Trinajstić information content (AvgIpc) is 2.77. The van der Waals surface area contributed by atoms with Gasteiger partial charge in [-0.15, -0.1) is 0 Å². The van der Waals surface area contributed by atoms with Crippen molar-refractivity contribution < 1.29 is 14.3 Å². The van der Waals surface area contributed by atoms with Gasteiger partial charge in [0.15, 0.2) is 0 Å². The molecule has 1 atom stereocenters. The molecular formula is C12H14FN3O2. The quantitative estimate of drug-likeness (QED) is 0.555. The fourth-order valence-electron chi connectivity index (χ4n) is 2.22. The summed E-state index contributed by atoms with van der Waals surface area (Å²) in [7, 11) is 0. The highest BCUT2D eigenvalue weighted by atomic mass is 19.1. The van der Waals surface area contributed by atoms with E-state index in [1.165, 1.54) is 12.1 Å². The lowest BCUT2D eigenvalue weighted by atomic mass is 10.1. The maximum atomic E-state index is 13.9. The van der Waals surface area contributed by atoms with Gasteiger partial charge in [-0.1, -0.05) is 0 Å². The molecule has 5 nitrogen and oxygen atoms in total. The molecule has 1 fully saturated rings. The number of aliphatic carboxylic acids is 1. The lowest BCUT2D eigenvalue weighted by molar-refractivity contribution is -0.138. The summed E-state index contributed by atoms with van der Waals surface area (Å²) in [5.74, 6) is -1.70. The predicted molar refractivity (Wildman–Crippen MR) is 65.4 cm³/mol. The Bertz CT molecular complexity index is 504. The Labute approximate surface area is 104 Å². The number of nitrogens with zero attached hydrogens (tertiary/aromatic N) is 1. The largest absolute Gasteiger partial charge is 0.480 e. The van der Waals surface area contributed by atoms with Crippen LogP contribution in [-0.4, -0.2) is 29.5 Å². The fraction of sp³-hybridized carbons (Fsp3) is 0.333. The summed E-state index contributed by atoms with van der Waals surface area (Å²) >= 11 is 0. The molecule has 1 aliphatic rings. The van der Waals surface area contributed by atoms with Gasteiger partial charge in [0.25, 0.3) is 0 Å². The zero-order chi connectivity index (χ0) is 13.3. The lowest BCUT2D eigenvalue weighted by Crippen LogP contribution is -2.36. The number of hydrogen-bond acceptors (Lipinski definition) is 3. The summed E-state index contributed by atoms with van der Waals surface area (Å²) in [6.07, 6.45) is 1.24. The summed E-state index contributed by atoms with van der Waals surface area (Å²) in [6.45, 7) is 0.521. The van der Waals surface area contributed by atoms with Crippen molar-refractivity contribution in [1.29, 1.82) is 5.41 Å². The molecule has 1 aromatic rings. The standard InChI is InChI=1S/C12H14FN3O2/c13-8-6-7(11(14)15)3-4-9(8)16-5-1-2-10(16)12(17)18/h3-4,6,10H,1-2,5H2,(H3,14,15)(H,17,18). The van der Waals surface area contributed by atoms with Gasteiger partial charge in [-0.3, -0.25) is 5.41 Å². The molecule has 0 bridgehead atoms. The topological polar surface area (TPSA) is 90.4 Å². The predicted octanol–water partition coefficient (Wildman–Crippen LogP) is 1.16. The molecule has 0 aliphatic carbocycles. The highest BCUT2D eigenvalue weighted by Crippen LogP contribution is 2.28. The molecule has 0 saturated carbocycles. The number of nitrogens with two attached hydrogens (primary N) is 1. The van der Waals surface area contributed by atoms with E-state index in [0.29, 0.717) is 18.5 Å². The number of carboxylic acids is 1. The van der Waals surface area contributed by atoms with Gasteiger partial charge >= 0.3 is 5.97 Å². The van der Waals surface area contributed by atoms with Gasteiger partial charge in [0.05, 0.1) is 5.69 Å². The fourth-order valence-corrected chi connectivity index (χ4v) is 2.22. The smallest absolute Gasteiger partial charge is 0.326 e. The van der Waals surface area contributed by atoms with Gasteiger partial charge in [-0.2, -0.15) is 0 Å². The first kappa shape index (κ1) is 12.3. The van der Waals surface area contributed by atoms with Crippen LogP contribution in [0.1, 0.15) is 18.4 Å². The minimum absolute atomic E-state index is 0.211. The molecule has 0 amide bonds. The van der Waals surface area contributed by atoms with Gasteiger partial charge in [0.2, 0.25) is 0 Å². The molecule has 0 radical (unpaired) electrons. The minimum atomic E-state index is -0.942. The minimum Gasteiger partial charge on any atom is -0.480 e. The molecule has 0 spiro atoms. The van der Waals surface area contributed by atoms with Crippen molar-refractivity contribution in [2.45, 2.75) is 18.9 Å². The van der Waals surface area contributed by atoms with Crippen LogP contribution in [-0.2, 0) is 4.79 Å². The number of nitrogen functional groups attached to an aromatic ring is 1. The molecule has 1 unspecified atom stereocenters.